The van der Waals surface area contributed by atoms with E-state index in [0.29, 0.717) is 13.1 Å². The van der Waals surface area contributed by atoms with Crippen LogP contribution in [0.5, 0.6) is 0 Å². The van der Waals surface area contributed by atoms with Crippen LogP contribution in [0, 0.1) is 5.92 Å². The SMILES string of the molecule is [NH3+][C@H]1CNC[C@H]1C(=O)[O-]. The van der Waals surface area contributed by atoms with Gasteiger partial charge in [0.05, 0.1) is 11.9 Å². The van der Waals surface area contributed by atoms with Crippen molar-refractivity contribution in [3.05, 3.63) is 0 Å². The van der Waals surface area contributed by atoms with Crippen LogP contribution in [0.15, 0.2) is 0 Å². The first kappa shape index (κ1) is 6.51. The number of nitrogens with one attached hydrogen (secondary N) is 1. The van der Waals surface area contributed by atoms with Gasteiger partial charge in [-0.1, -0.05) is 0 Å². The Balaban J connectivity index is 2.49. The molecule has 52 valence electrons. The number of hydrogen-bond acceptors (Lipinski definition) is 3. The molecule has 0 aliphatic carbocycles. The molecule has 0 spiro atoms. The maximum atomic E-state index is 10.2. The number of carboxylic acids is 1. The van der Waals surface area contributed by atoms with Gasteiger partial charge in [-0.3, -0.25) is 0 Å². The van der Waals surface area contributed by atoms with E-state index in [1.54, 1.807) is 0 Å². The molecule has 0 aromatic rings. The average molecular weight is 130 g/mol. The summed E-state index contributed by atoms with van der Waals surface area (Å²) in [7, 11) is 0. The summed E-state index contributed by atoms with van der Waals surface area (Å²) in [4.78, 5) is 10.2. The zero-order valence-electron chi connectivity index (χ0n) is 5.09. The molecule has 4 N–H and O–H groups in total. The van der Waals surface area contributed by atoms with Gasteiger partial charge in [0.1, 0.15) is 6.04 Å². The van der Waals surface area contributed by atoms with Gasteiger partial charge in [-0.25, -0.2) is 0 Å². The van der Waals surface area contributed by atoms with Crippen LogP contribution in [-0.2, 0) is 4.79 Å². The van der Waals surface area contributed by atoms with Gasteiger partial charge in [0.25, 0.3) is 0 Å². The Morgan fingerprint density at radius 2 is 2.33 bits per heavy atom. The normalized spacial score (nSPS) is 34.8. The van der Waals surface area contributed by atoms with Gasteiger partial charge in [-0.05, 0) is 0 Å². The molecule has 1 saturated heterocycles. The largest absolute Gasteiger partial charge is 0.550 e. The van der Waals surface area contributed by atoms with E-state index < -0.39 is 5.97 Å². The molecule has 1 rings (SSSR count). The molecule has 0 unspecified atom stereocenters. The maximum absolute atomic E-state index is 10.2. The molecule has 9 heavy (non-hydrogen) atoms. The molecule has 1 fully saturated rings. The van der Waals surface area contributed by atoms with Gasteiger partial charge in [0, 0.05) is 13.1 Å². The Hall–Kier alpha value is -0.610. The molecule has 1 aliphatic heterocycles. The minimum atomic E-state index is -0.986. The summed E-state index contributed by atoms with van der Waals surface area (Å²) in [5.41, 5.74) is 3.66. The van der Waals surface area contributed by atoms with Crippen LogP contribution in [0.4, 0.5) is 0 Å². The van der Waals surface area contributed by atoms with Crippen molar-refractivity contribution in [1.29, 1.82) is 0 Å². The zero-order chi connectivity index (χ0) is 6.85. The maximum Gasteiger partial charge on any atom is 0.106 e. The van der Waals surface area contributed by atoms with Crippen molar-refractivity contribution in [3.8, 4) is 0 Å². The summed E-state index contributed by atoms with van der Waals surface area (Å²) in [5.74, 6) is -1.37. The molecular formula is C5H10N2O2. The standard InChI is InChI=1S/C5H10N2O2/c6-4-2-7-1-3(4)5(8)9/h3-4,7H,1-2,6H2,(H,8,9)/t3-,4+/m1/s1. The molecule has 0 aromatic carbocycles. The summed E-state index contributed by atoms with van der Waals surface area (Å²) < 4.78 is 0. The summed E-state index contributed by atoms with van der Waals surface area (Å²) >= 11 is 0. The number of carbonyl (C=O) groups is 1. The van der Waals surface area contributed by atoms with Crippen molar-refractivity contribution in [2.24, 2.45) is 5.92 Å². The van der Waals surface area contributed by atoms with E-state index in [2.05, 4.69) is 11.1 Å². The highest BCUT2D eigenvalue weighted by Gasteiger charge is 2.27. The Bertz CT molecular complexity index is 126. The highest BCUT2D eigenvalue weighted by molar-refractivity contribution is 5.69. The van der Waals surface area contributed by atoms with E-state index in [1.165, 1.54) is 0 Å². The van der Waals surface area contributed by atoms with E-state index >= 15 is 0 Å². The molecule has 0 amide bonds. The summed E-state index contributed by atoms with van der Waals surface area (Å²) in [6.45, 7) is 1.20. The third kappa shape index (κ3) is 1.20. The number of carbonyl (C=O) groups excluding carboxylic acids is 1. The van der Waals surface area contributed by atoms with Crippen LogP contribution >= 0.6 is 0 Å². The number of hydrogen-bond donors (Lipinski definition) is 2. The third-order valence-corrected chi connectivity index (χ3v) is 1.64. The predicted octanol–water partition coefficient (Wildman–Crippen LogP) is -3.43. The van der Waals surface area contributed by atoms with Crippen LogP contribution in [0.2, 0.25) is 0 Å². The second-order valence-electron chi connectivity index (χ2n) is 2.34. The van der Waals surface area contributed by atoms with E-state index in [0.717, 1.165) is 0 Å². The molecule has 1 heterocycles. The molecule has 0 aromatic heterocycles. The van der Waals surface area contributed by atoms with Crippen molar-refractivity contribution in [2.75, 3.05) is 13.1 Å². The predicted molar refractivity (Wildman–Crippen MR) is 28.0 cm³/mol. The highest BCUT2D eigenvalue weighted by atomic mass is 16.4. The average Bonchev–Trinajstić information content (AvgIpc) is 2.13. The Labute approximate surface area is 53.0 Å². The first-order valence-electron chi connectivity index (χ1n) is 2.96. The van der Waals surface area contributed by atoms with E-state index in [-0.39, 0.29) is 12.0 Å². The highest BCUT2D eigenvalue weighted by Crippen LogP contribution is 2.02. The van der Waals surface area contributed by atoms with Crippen LogP contribution in [-0.4, -0.2) is 25.1 Å². The first-order valence-corrected chi connectivity index (χ1v) is 2.96. The summed E-state index contributed by atoms with van der Waals surface area (Å²) in [6.07, 6.45) is 0. The van der Waals surface area contributed by atoms with Crippen molar-refractivity contribution < 1.29 is 15.6 Å². The fourth-order valence-corrected chi connectivity index (χ4v) is 1.01. The first-order chi connectivity index (χ1) is 4.22. The van der Waals surface area contributed by atoms with Gasteiger partial charge in [-0.2, -0.15) is 0 Å². The Kier molecular flexibility index (Phi) is 1.68. The van der Waals surface area contributed by atoms with E-state index in [4.69, 9.17) is 0 Å². The number of quaternary nitrogens is 1. The quantitative estimate of drug-likeness (QED) is 0.387. The van der Waals surface area contributed by atoms with Crippen LogP contribution in [0.3, 0.4) is 0 Å². The van der Waals surface area contributed by atoms with Crippen molar-refractivity contribution in [1.82, 2.24) is 5.32 Å². The second-order valence-corrected chi connectivity index (χ2v) is 2.34. The van der Waals surface area contributed by atoms with E-state index in [9.17, 15) is 9.90 Å². The lowest BCUT2D eigenvalue weighted by Crippen LogP contribution is -2.67. The van der Waals surface area contributed by atoms with Gasteiger partial charge < -0.3 is 21.0 Å². The molecule has 0 bridgehead atoms. The van der Waals surface area contributed by atoms with Gasteiger partial charge >= 0.3 is 0 Å². The van der Waals surface area contributed by atoms with Crippen molar-refractivity contribution in [2.45, 2.75) is 6.04 Å². The fourth-order valence-electron chi connectivity index (χ4n) is 1.01. The molecule has 2 atom stereocenters. The summed E-state index contributed by atoms with van der Waals surface area (Å²) in [5, 5.41) is 13.1. The minimum Gasteiger partial charge on any atom is -0.550 e. The van der Waals surface area contributed by atoms with Gasteiger partial charge in [0.2, 0.25) is 0 Å². The van der Waals surface area contributed by atoms with Crippen LogP contribution in [0.1, 0.15) is 0 Å². The van der Waals surface area contributed by atoms with Gasteiger partial charge in [0.15, 0.2) is 0 Å². The molecule has 0 radical (unpaired) electrons. The number of rotatable bonds is 1. The lowest BCUT2D eigenvalue weighted by Gasteiger charge is -2.10. The molecule has 1 aliphatic rings. The Morgan fingerprint density at radius 3 is 2.56 bits per heavy atom. The lowest BCUT2D eigenvalue weighted by molar-refractivity contribution is -0.427. The third-order valence-electron chi connectivity index (χ3n) is 1.64. The molecule has 4 nitrogen and oxygen atoms in total. The van der Waals surface area contributed by atoms with Gasteiger partial charge in [-0.15, -0.1) is 0 Å². The lowest BCUT2D eigenvalue weighted by atomic mass is 10.1. The molecular weight excluding hydrogens is 120 g/mol. The van der Waals surface area contributed by atoms with E-state index in [1.807, 2.05) is 0 Å². The monoisotopic (exact) mass is 130 g/mol. The van der Waals surface area contributed by atoms with Crippen LogP contribution < -0.4 is 16.2 Å². The van der Waals surface area contributed by atoms with Crippen molar-refractivity contribution in [3.63, 3.8) is 0 Å². The minimum absolute atomic E-state index is 0.0185. The Morgan fingerprint density at radius 1 is 1.67 bits per heavy atom. The zero-order valence-corrected chi connectivity index (χ0v) is 5.09. The summed E-state index contributed by atoms with van der Waals surface area (Å²) in [6, 6.07) is -0.0185. The smallest absolute Gasteiger partial charge is 0.106 e. The van der Waals surface area contributed by atoms with Crippen molar-refractivity contribution >= 4 is 5.97 Å². The second kappa shape index (κ2) is 2.33. The fraction of sp³-hybridized carbons (Fsp3) is 0.800. The molecule has 0 saturated carbocycles. The number of carboxylic acid groups (broad SMARTS) is 1. The van der Waals surface area contributed by atoms with Crippen LogP contribution in [0.25, 0.3) is 0 Å². The molecule has 4 heteroatoms. The topological polar surface area (TPSA) is 79.8 Å². The number of aliphatic carboxylic acids is 1.